The SMILES string of the molecule is CN1CCN(CCCOc2ccc(Nc3ncnc4c3CCN(c3cccc(C(F)(F)F)c3)C4)cc2Cl)CC1. The second-order valence-electron chi connectivity index (χ2n) is 9.98. The van der Waals surface area contributed by atoms with Crippen LogP contribution in [-0.4, -0.2) is 72.7 Å². The minimum absolute atomic E-state index is 0.398. The van der Waals surface area contributed by atoms with Crippen molar-refractivity contribution in [1.29, 1.82) is 0 Å². The molecule has 0 saturated carbocycles. The average molecular weight is 561 g/mol. The van der Waals surface area contributed by atoms with Gasteiger partial charge in [-0.1, -0.05) is 17.7 Å². The number of hydrogen-bond acceptors (Lipinski definition) is 7. The highest BCUT2D eigenvalue weighted by Crippen LogP contribution is 2.34. The summed E-state index contributed by atoms with van der Waals surface area (Å²) in [5, 5.41) is 3.84. The molecule has 3 heterocycles. The number of hydrogen-bond donors (Lipinski definition) is 1. The lowest BCUT2D eigenvalue weighted by atomic mass is 10.0. The number of halogens is 4. The summed E-state index contributed by atoms with van der Waals surface area (Å²) in [5.41, 5.74) is 2.36. The van der Waals surface area contributed by atoms with E-state index in [1.807, 2.05) is 23.1 Å². The normalized spacial score (nSPS) is 16.7. The molecule has 0 spiro atoms. The number of anilines is 3. The third kappa shape index (κ3) is 6.93. The van der Waals surface area contributed by atoms with Crippen molar-refractivity contribution in [3.05, 3.63) is 70.6 Å². The van der Waals surface area contributed by atoms with E-state index < -0.39 is 11.7 Å². The van der Waals surface area contributed by atoms with Gasteiger partial charge in [0, 0.05) is 56.2 Å². The number of fused-ring (bicyclic) bond motifs is 1. The van der Waals surface area contributed by atoms with E-state index in [1.165, 1.54) is 18.5 Å². The van der Waals surface area contributed by atoms with E-state index in [4.69, 9.17) is 16.3 Å². The molecular formula is C28H32ClF3N6O. The summed E-state index contributed by atoms with van der Waals surface area (Å²) in [4.78, 5) is 15.5. The molecule has 3 aromatic rings. The minimum atomic E-state index is -4.38. The van der Waals surface area contributed by atoms with Crippen LogP contribution in [0.4, 0.5) is 30.4 Å². The quantitative estimate of drug-likeness (QED) is 0.367. The number of ether oxygens (including phenoxy) is 1. The number of likely N-dealkylation sites (N-methyl/N-ethyl adjacent to an activating group) is 1. The Morgan fingerprint density at radius 3 is 2.62 bits per heavy atom. The predicted molar refractivity (Wildman–Crippen MR) is 147 cm³/mol. The fourth-order valence-electron chi connectivity index (χ4n) is 4.94. The molecule has 2 aliphatic heterocycles. The Bertz CT molecular complexity index is 1280. The second kappa shape index (κ2) is 12.0. The molecular weight excluding hydrogens is 529 g/mol. The van der Waals surface area contributed by atoms with E-state index in [9.17, 15) is 13.2 Å². The van der Waals surface area contributed by atoms with E-state index in [0.29, 0.717) is 48.4 Å². The van der Waals surface area contributed by atoms with Crippen LogP contribution in [0.5, 0.6) is 5.75 Å². The monoisotopic (exact) mass is 560 g/mol. The van der Waals surface area contributed by atoms with Gasteiger partial charge in [0.25, 0.3) is 0 Å². The average Bonchev–Trinajstić information content (AvgIpc) is 2.92. The zero-order valence-corrected chi connectivity index (χ0v) is 22.6. The lowest BCUT2D eigenvalue weighted by molar-refractivity contribution is -0.137. The molecule has 0 radical (unpaired) electrons. The molecule has 5 rings (SSSR count). The molecule has 0 unspecified atom stereocenters. The van der Waals surface area contributed by atoms with E-state index in [1.54, 1.807) is 6.07 Å². The molecule has 1 fully saturated rings. The van der Waals surface area contributed by atoms with Crippen molar-refractivity contribution in [2.75, 3.05) is 63.1 Å². The highest BCUT2D eigenvalue weighted by Gasteiger charge is 2.31. The van der Waals surface area contributed by atoms with Crippen molar-refractivity contribution in [3.63, 3.8) is 0 Å². The molecule has 39 heavy (non-hydrogen) atoms. The highest BCUT2D eigenvalue weighted by atomic mass is 35.5. The number of rotatable bonds is 8. The van der Waals surface area contributed by atoms with Gasteiger partial charge in [-0.05, 0) is 56.3 Å². The molecule has 11 heteroatoms. The standard InChI is InChI=1S/C28H32ClF3N6O/c1-36-11-13-37(14-12-36)9-3-15-39-26-7-6-21(17-24(26)29)35-27-23-8-10-38(18-25(23)33-19-34-27)22-5-2-4-20(16-22)28(30,31)32/h2,4-7,16-17,19H,3,8-15,18H2,1H3,(H,33,34,35). The molecule has 0 amide bonds. The van der Waals surface area contributed by atoms with Crippen LogP contribution in [0.15, 0.2) is 48.8 Å². The first-order valence-corrected chi connectivity index (χ1v) is 13.5. The Labute approximate surface area is 231 Å². The second-order valence-corrected chi connectivity index (χ2v) is 10.4. The van der Waals surface area contributed by atoms with E-state index in [-0.39, 0.29) is 0 Å². The van der Waals surface area contributed by atoms with Crippen LogP contribution < -0.4 is 15.0 Å². The van der Waals surface area contributed by atoms with Gasteiger partial charge in [0.2, 0.25) is 0 Å². The fraction of sp³-hybridized carbons (Fsp3) is 0.429. The number of piperazine rings is 1. The first-order chi connectivity index (χ1) is 18.8. The molecule has 7 nitrogen and oxygen atoms in total. The summed E-state index contributed by atoms with van der Waals surface area (Å²) < 4.78 is 45.5. The molecule has 1 aromatic heterocycles. The third-order valence-corrected chi connectivity index (χ3v) is 7.51. The Morgan fingerprint density at radius 2 is 1.85 bits per heavy atom. The van der Waals surface area contributed by atoms with Gasteiger partial charge < -0.3 is 24.8 Å². The van der Waals surface area contributed by atoms with Crippen molar-refractivity contribution in [3.8, 4) is 5.75 Å². The zero-order valence-electron chi connectivity index (χ0n) is 21.8. The van der Waals surface area contributed by atoms with Crippen LogP contribution in [-0.2, 0) is 19.1 Å². The lowest BCUT2D eigenvalue weighted by Crippen LogP contribution is -2.44. The molecule has 2 aliphatic rings. The minimum Gasteiger partial charge on any atom is -0.492 e. The van der Waals surface area contributed by atoms with Crippen molar-refractivity contribution < 1.29 is 17.9 Å². The van der Waals surface area contributed by atoms with Gasteiger partial charge in [-0.3, -0.25) is 0 Å². The van der Waals surface area contributed by atoms with Gasteiger partial charge in [0.05, 0.1) is 29.4 Å². The topological polar surface area (TPSA) is 56.8 Å². The summed E-state index contributed by atoms with van der Waals surface area (Å²) in [7, 11) is 2.15. The van der Waals surface area contributed by atoms with Crippen LogP contribution >= 0.6 is 11.6 Å². The maximum Gasteiger partial charge on any atom is 0.416 e. The lowest BCUT2D eigenvalue weighted by Gasteiger charge is -2.32. The van der Waals surface area contributed by atoms with Gasteiger partial charge in [-0.2, -0.15) is 13.2 Å². The van der Waals surface area contributed by atoms with E-state index in [0.717, 1.165) is 62.2 Å². The molecule has 2 aromatic carbocycles. The Kier molecular flexibility index (Phi) is 8.44. The van der Waals surface area contributed by atoms with Gasteiger partial charge in [0.1, 0.15) is 17.9 Å². The number of alkyl halides is 3. The zero-order chi connectivity index (χ0) is 27.4. The summed E-state index contributed by atoms with van der Waals surface area (Å²) in [6.45, 7) is 6.94. The van der Waals surface area contributed by atoms with Gasteiger partial charge in [-0.15, -0.1) is 0 Å². The molecule has 0 bridgehead atoms. The van der Waals surface area contributed by atoms with Gasteiger partial charge in [0.15, 0.2) is 0 Å². The third-order valence-electron chi connectivity index (χ3n) is 7.21. The summed E-state index contributed by atoms with van der Waals surface area (Å²) in [5.74, 6) is 1.31. The Morgan fingerprint density at radius 1 is 1.03 bits per heavy atom. The smallest absolute Gasteiger partial charge is 0.416 e. The van der Waals surface area contributed by atoms with E-state index >= 15 is 0 Å². The number of aromatic nitrogens is 2. The summed E-state index contributed by atoms with van der Waals surface area (Å²) in [6, 6.07) is 11.0. The maximum absolute atomic E-state index is 13.2. The van der Waals surface area contributed by atoms with Gasteiger partial charge in [-0.25, -0.2) is 9.97 Å². The molecule has 1 N–H and O–H groups in total. The predicted octanol–water partition coefficient (Wildman–Crippen LogP) is 5.47. The molecule has 0 aliphatic carbocycles. The number of nitrogens with zero attached hydrogens (tertiary/aromatic N) is 5. The summed E-state index contributed by atoms with van der Waals surface area (Å²) >= 11 is 6.51. The van der Waals surface area contributed by atoms with Crippen molar-refractivity contribution in [2.24, 2.45) is 0 Å². The Hall–Kier alpha value is -3.08. The van der Waals surface area contributed by atoms with Crippen LogP contribution in [0.2, 0.25) is 5.02 Å². The van der Waals surface area contributed by atoms with E-state index in [2.05, 4.69) is 32.1 Å². The van der Waals surface area contributed by atoms with Crippen molar-refractivity contribution in [2.45, 2.75) is 25.6 Å². The Balaban J connectivity index is 1.18. The van der Waals surface area contributed by atoms with Crippen molar-refractivity contribution in [1.82, 2.24) is 19.8 Å². The maximum atomic E-state index is 13.2. The first-order valence-electron chi connectivity index (χ1n) is 13.1. The largest absolute Gasteiger partial charge is 0.492 e. The van der Waals surface area contributed by atoms with Crippen LogP contribution in [0, 0.1) is 0 Å². The van der Waals surface area contributed by atoms with Crippen LogP contribution in [0.1, 0.15) is 23.2 Å². The molecule has 0 atom stereocenters. The van der Waals surface area contributed by atoms with Crippen molar-refractivity contribution >= 4 is 28.8 Å². The first kappa shape index (κ1) is 27.5. The number of benzene rings is 2. The molecule has 1 saturated heterocycles. The highest BCUT2D eigenvalue weighted by molar-refractivity contribution is 6.32. The van der Waals surface area contributed by atoms with Gasteiger partial charge >= 0.3 is 6.18 Å². The fourth-order valence-corrected chi connectivity index (χ4v) is 5.17. The van der Waals surface area contributed by atoms with Crippen LogP contribution in [0.3, 0.4) is 0 Å². The molecule has 208 valence electrons. The summed E-state index contributed by atoms with van der Waals surface area (Å²) in [6.07, 6.45) is -1.38. The number of nitrogens with one attached hydrogen (secondary N) is 1. The van der Waals surface area contributed by atoms with Crippen LogP contribution in [0.25, 0.3) is 0 Å².